The highest BCUT2D eigenvalue weighted by atomic mass is 32.2. The lowest BCUT2D eigenvalue weighted by atomic mass is 9.49. The fourth-order valence-corrected chi connectivity index (χ4v) is 7.87. The number of imide groups is 1. The second-order valence-corrected chi connectivity index (χ2v) is 12.4. The van der Waals surface area contributed by atoms with Gasteiger partial charge in [-0.05, 0) is 80.5 Å². The molecule has 1 saturated heterocycles. The minimum atomic E-state index is -3.92. The predicted molar refractivity (Wildman–Crippen MR) is 129 cm³/mol. The molecule has 1 aliphatic heterocycles. The maximum absolute atomic E-state index is 14.3. The van der Waals surface area contributed by atoms with E-state index < -0.39 is 39.6 Å². The molecule has 4 bridgehead atoms. The molecule has 196 valence electrons. The Balaban J connectivity index is 1.44. The Labute approximate surface area is 211 Å². The number of rotatable bonds is 8. The third kappa shape index (κ3) is 4.36. The fraction of sp³-hybridized carbons (Fsp3) is 0.640. The predicted octanol–water partition coefficient (Wildman–Crippen LogP) is 1.63. The molecule has 4 saturated carbocycles. The molecule has 4 aliphatic carbocycles. The van der Waals surface area contributed by atoms with Crippen LogP contribution in [0.3, 0.4) is 0 Å². The molecule has 1 aromatic rings. The van der Waals surface area contributed by atoms with Gasteiger partial charge in [0.05, 0.1) is 29.0 Å². The van der Waals surface area contributed by atoms with Crippen LogP contribution in [-0.2, 0) is 33.9 Å². The summed E-state index contributed by atoms with van der Waals surface area (Å²) in [7, 11) is -0.967. The lowest BCUT2D eigenvalue weighted by molar-refractivity contribution is -0.172. The Bertz CT molecular complexity index is 1130. The first-order valence-electron chi connectivity index (χ1n) is 12.4. The van der Waals surface area contributed by atoms with E-state index in [1.165, 1.54) is 62.6 Å². The second-order valence-electron chi connectivity index (χ2n) is 10.9. The minimum Gasteiger partial charge on any atom is -0.354 e. The minimum absolute atomic E-state index is 0.0372. The quantitative estimate of drug-likeness (QED) is 0.407. The Morgan fingerprint density at radius 2 is 1.58 bits per heavy atom. The van der Waals surface area contributed by atoms with Crippen molar-refractivity contribution in [2.24, 2.45) is 28.3 Å². The number of primary sulfonamides is 1. The summed E-state index contributed by atoms with van der Waals surface area (Å²) in [5.74, 6) is 0.557. The summed E-state index contributed by atoms with van der Waals surface area (Å²) in [5.41, 5.74) is -0.272. The van der Waals surface area contributed by atoms with Crippen LogP contribution < -0.4 is 10.0 Å². The number of hydrogen-bond acceptors (Lipinski definition) is 7. The smallest absolute Gasteiger partial charge is 0.257 e. The molecule has 0 aromatic heterocycles. The summed E-state index contributed by atoms with van der Waals surface area (Å²) in [5, 5.41) is 5.16. The molecular formula is C25H33N3O7S. The number of amides is 3. The van der Waals surface area contributed by atoms with Crippen LogP contribution in [0.25, 0.3) is 0 Å². The largest absolute Gasteiger partial charge is 0.354 e. The van der Waals surface area contributed by atoms with Crippen molar-refractivity contribution in [2.75, 3.05) is 25.7 Å². The number of nitrogens with two attached hydrogens (primary N) is 1. The Morgan fingerprint density at radius 3 is 2.06 bits per heavy atom. The number of anilines is 1. The first-order valence-corrected chi connectivity index (χ1v) is 14.0. The van der Waals surface area contributed by atoms with Gasteiger partial charge in [0.2, 0.25) is 21.8 Å². The molecular weight excluding hydrogens is 486 g/mol. The average Bonchev–Trinajstić information content (AvgIpc) is 3.11. The number of sulfonamides is 1. The van der Waals surface area contributed by atoms with Crippen molar-refractivity contribution in [3.8, 4) is 0 Å². The standard InChI is InChI=1S/C25H33N3O7S/c1-34-22(35-2)14-27(24(31)25-11-15-7-16(12-25)9-17(8-15)13-25)20-10-21(29)28(23(20)30)18-3-5-19(6-4-18)36(26,32)33/h3-6,15-17,20,22H,7-14H2,1-2H3,(H2,26,32,33). The molecule has 3 amide bonds. The van der Waals surface area contributed by atoms with Crippen molar-refractivity contribution >= 4 is 33.4 Å². The van der Waals surface area contributed by atoms with E-state index in [2.05, 4.69) is 0 Å². The van der Waals surface area contributed by atoms with Crippen LogP contribution >= 0.6 is 0 Å². The summed E-state index contributed by atoms with van der Waals surface area (Å²) in [4.78, 5) is 43.3. The van der Waals surface area contributed by atoms with Gasteiger partial charge >= 0.3 is 0 Å². The zero-order chi connectivity index (χ0) is 25.8. The van der Waals surface area contributed by atoms with E-state index in [0.29, 0.717) is 17.8 Å². The Kier molecular flexibility index (Phi) is 6.47. The molecule has 11 heteroatoms. The van der Waals surface area contributed by atoms with Gasteiger partial charge in [0.1, 0.15) is 6.04 Å². The summed E-state index contributed by atoms with van der Waals surface area (Å²) in [6.07, 6.45) is 5.10. The Hall–Kier alpha value is -2.34. The van der Waals surface area contributed by atoms with Gasteiger partial charge in [0.15, 0.2) is 6.29 Å². The second kappa shape index (κ2) is 9.20. The summed E-state index contributed by atoms with van der Waals surface area (Å²) >= 11 is 0. The number of ether oxygens (including phenoxy) is 2. The number of methoxy groups -OCH3 is 2. The first-order chi connectivity index (χ1) is 17.0. The average molecular weight is 520 g/mol. The maximum atomic E-state index is 14.3. The zero-order valence-corrected chi connectivity index (χ0v) is 21.4. The fourth-order valence-electron chi connectivity index (χ4n) is 7.35. The van der Waals surface area contributed by atoms with Crippen molar-refractivity contribution in [1.82, 2.24) is 4.90 Å². The third-order valence-electron chi connectivity index (χ3n) is 8.55. The molecule has 1 aromatic carbocycles. The van der Waals surface area contributed by atoms with Crippen LogP contribution in [0.5, 0.6) is 0 Å². The lowest BCUT2D eigenvalue weighted by Crippen LogP contribution is -2.59. The van der Waals surface area contributed by atoms with Crippen molar-refractivity contribution in [3.05, 3.63) is 24.3 Å². The Morgan fingerprint density at radius 1 is 1.06 bits per heavy atom. The molecule has 1 heterocycles. The van der Waals surface area contributed by atoms with Crippen molar-refractivity contribution in [1.29, 1.82) is 0 Å². The van der Waals surface area contributed by atoms with Crippen LogP contribution in [0.15, 0.2) is 29.2 Å². The van der Waals surface area contributed by atoms with Crippen LogP contribution in [0.1, 0.15) is 44.9 Å². The van der Waals surface area contributed by atoms with Crippen LogP contribution in [0.2, 0.25) is 0 Å². The van der Waals surface area contributed by atoms with E-state index in [1.807, 2.05) is 0 Å². The highest BCUT2D eigenvalue weighted by Gasteiger charge is 2.57. The first kappa shape index (κ1) is 25.3. The van der Waals surface area contributed by atoms with Crippen LogP contribution in [0.4, 0.5) is 5.69 Å². The van der Waals surface area contributed by atoms with E-state index in [4.69, 9.17) is 14.6 Å². The molecule has 10 nitrogen and oxygen atoms in total. The highest BCUT2D eigenvalue weighted by molar-refractivity contribution is 7.89. The van der Waals surface area contributed by atoms with Gasteiger partial charge < -0.3 is 14.4 Å². The molecule has 5 aliphatic rings. The topological polar surface area (TPSA) is 136 Å². The van der Waals surface area contributed by atoms with Crippen LogP contribution in [-0.4, -0.2) is 64.1 Å². The molecule has 5 fully saturated rings. The van der Waals surface area contributed by atoms with Gasteiger partial charge in [0, 0.05) is 14.2 Å². The number of hydrogen-bond donors (Lipinski definition) is 1. The molecule has 0 radical (unpaired) electrons. The highest BCUT2D eigenvalue weighted by Crippen LogP contribution is 2.60. The number of benzene rings is 1. The van der Waals surface area contributed by atoms with Crippen molar-refractivity contribution in [3.63, 3.8) is 0 Å². The van der Waals surface area contributed by atoms with Gasteiger partial charge in [-0.25, -0.2) is 18.5 Å². The van der Waals surface area contributed by atoms with Gasteiger partial charge in [-0.3, -0.25) is 14.4 Å². The van der Waals surface area contributed by atoms with E-state index in [9.17, 15) is 22.8 Å². The van der Waals surface area contributed by atoms with Crippen molar-refractivity contribution in [2.45, 2.75) is 62.2 Å². The van der Waals surface area contributed by atoms with Gasteiger partial charge in [-0.15, -0.1) is 0 Å². The summed E-state index contributed by atoms with van der Waals surface area (Å²) in [6, 6.07) is 4.27. The van der Waals surface area contributed by atoms with Gasteiger partial charge in [0.25, 0.3) is 5.91 Å². The number of nitrogens with zero attached hydrogens (tertiary/aromatic N) is 2. The van der Waals surface area contributed by atoms with E-state index >= 15 is 0 Å². The van der Waals surface area contributed by atoms with E-state index in [0.717, 1.165) is 24.2 Å². The normalized spacial score (nSPS) is 31.5. The van der Waals surface area contributed by atoms with Gasteiger partial charge in [-0.2, -0.15) is 0 Å². The SMILES string of the molecule is COC(CN(C(=O)C12CC3CC(CC(C3)C1)C2)C1CC(=O)N(c2ccc(S(N)(=O)=O)cc2)C1=O)OC. The van der Waals surface area contributed by atoms with E-state index in [1.54, 1.807) is 0 Å². The van der Waals surface area contributed by atoms with Crippen molar-refractivity contribution < 1.29 is 32.3 Å². The van der Waals surface area contributed by atoms with E-state index in [-0.39, 0.29) is 29.5 Å². The number of carbonyl (C=O) groups excluding carboxylic acids is 3. The zero-order valence-electron chi connectivity index (χ0n) is 20.6. The lowest BCUT2D eigenvalue weighted by Gasteiger charge is -2.57. The molecule has 1 atom stereocenters. The summed E-state index contributed by atoms with van der Waals surface area (Å²) < 4.78 is 34.0. The van der Waals surface area contributed by atoms with Crippen LogP contribution in [0, 0.1) is 23.2 Å². The monoisotopic (exact) mass is 519 g/mol. The third-order valence-corrected chi connectivity index (χ3v) is 9.48. The molecule has 6 rings (SSSR count). The number of carbonyl (C=O) groups is 3. The maximum Gasteiger partial charge on any atom is 0.257 e. The molecule has 1 unspecified atom stereocenters. The molecule has 0 spiro atoms. The molecule has 36 heavy (non-hydrogen) atoms. The summed E-state index contributed by atoms with van der Waals surface area (Å²) in [6.45, 7) is 0.0372. The molecule has 2 N–H and O–H groups in total. The van der Waals surface area contributed by atoms with Gasteiger partial charge in [-0.1, -0.05) is 0 Å².